The molecular formula is C18H22N2. The Morgan fingerprint density at radius 3 is 2.30 bits per heavy atom. The highest BCUT2D eigenvalue weighted by Crippen LogP contribution is 2.33. The minimum absolute atomic E-state index is 0.757. The highest BCUT2D eigenvalue weighted by atomic mass is 14.7. The zero-order valence-electron chi connectivity index (χ0n) is 12.1. The van der Waals surface area contributed by atoms with Crippen molar-refractivity contribution in [1.29, 1.82) is 0 Å². The second kappa shape index (κ2) is 5.66. The summed E-state index contributed by atoms with van der Waals surface area (Å²) in [4.78, 5) is 4.56. The van der Waals surface area contributed by atoms with Gasteiger partial charge < -0.3 is 5.73 Å². The lowest BCUT2D eigenvalue weighted by Crippen LogP contribution is -2.04. The van der Waals surface area contributed by atoms with E-state index in [0.29, 0.717) is 0 Å². The average molecular weight is 266 g/mol. The lowest BCUT2D eigenvalue weighted by Gasteiger charge is -2.22. The van der Waals surface area contributed by atoms with Crippen molar-refractivity contribution in [2.45, 2.75) is 44.9 Å². The van der Waals surface area contributed by atoms with Crippen LogP contribution in [-0.2, 0) is 0 Å². The molecule has 20 heavy (non-hydrogen) atoms. The SMILES string of the molecule is Cc1nc(-c2ccc(C3CCCCC3)cc2)ccc1N. The van der Waals surface area contributed by atoms with Gasteiger partial charge in [-0.2, -0.15) is 0 Å². The maximum atomic E-state index is 5.83. The van der Waals surface area contributed by atoms with Gasteiger partial charge in [0.1, 0.15) is 0 Å². The molecule has 1 aromatic carbocycles. The first-order valence-corrected chi connectivity index (χ1v) is 7.57. The Balaban J connectivity index is 1.83. The standard InChI is InChI=1S/C18H22N2/c1-13-17(19)11-12-18(20-13)16-9-7-15(8-10-16)14-5-3-2-4-6-14/h7-12,14H,2-6,19H2,1H3. The Morgan fingerprint density at radius 1 is 0.950 bits per heavy atom. The molecule has 0 spiro atoms. The number of hydrogen-bond donors (Lipinski definition) is 1. The number of nitrogen functional groups attached to an aromatic ring is 1. The third kappa shape index (κ3) is 2.69. The molecule has 1 saturated carbocycles. The summed E-state index contributed by atoms with van der Waals surface area (Å²) >= 11 is 0. The van der Waals surface area contributed by atoms with Gasteiger partial charge in [-0.1, -0.05) is 43.5 Å². The van der Waals surface area contributed by atoms with E-state index in [-0.39, 0.29) is 0 Å². The molecule has 104 valence electrons. The van der Waals surface area contributed by atoms with E-state index in [1.165, 1.54) is 43.2 Å². The van der Waals surface area contributed by atoms with E-state index in [1.807, 2.05) is 19.1 Å². The minimum Gasteiger partial charge on any atom is -0.397 e. The summed E-state index contributed by atoms with van der Waals surface area (Å²) in [7, 11) is 0. The van der Waals surface area contributed by atoms with Crippen LogP contribution in [0.3, 0.4) is 0 Å². The molecule has 0 atom stereocenters. The van der Waals surface area contributed by atoms with Crippen molar-refractivity contribution in [3.05, 3.63) is 47.7 Å². The van der Waals surface area contributed by atoms with E-state index in [4.69, 9.17) is 5.73 Å². The highest BCUT2D eigenvalue weighted by molar-refractivity contribution is 5.62. The highest BCUT2D eigenvalue weighted by Gasteiger charge is 2.15. The lowest BCUT2D eigenvalue weighted by molar-refractivity contribution is 0.443. The van der Waals surface area contributed by atoms with Gasteiger partial charge in [-0.3, -0.25) is 4.98 Å². The van der Waals surface area contributed by atoms with Gasteiger partial charge in [-0.25, -0.2) is 0 Å². The first-order valence-electron chi connectivity index (χ1n) is 7.57. The largest absolute Gasteiger partial charge is 0.397 e. The van der Waals surface area contributed by atoms with Gasteiger partial charge in [0, 0.05) is 5.56 Å². The van der Waals surface area contributed by atoms with E-state index in [9.17, 15) is 0 Å². The third-order valence-electron chi connectivity index (χ3n) is 4.41. The van der Waals surface area contributed by atoms with Gasteiger partial charge >= 0.3 is 0 Å². The first-order chi connectivity index (χ1) is 9.74. The van der Waals surface area contributed by atoms with Crippen LogP contribution in [0.1, 0.15) is 49.3 Å². The van der Waals surface area contributed by atoms with Gasteiger partial charge in [-0.05, 0) is 43.4 Å². The predicted molar refractivity (Wildman–Crippen MR) is 84.6 cm³/mol. The number of hydrogen-bond acceptors (Lipinski definition) is 2. The Bertz CT molecular complexity index is 581. The molecule has 0 aliphatic heterocycles. The zero-order chi connectivity index (χ0) is 13.9. The van der Waals surface area contributed by atoms with Crippen LogP contribution < -0.4 is 5.73 Å². The number of nitrogens with zero attached hydrogens (tertiary/aromatic N) is 1. The number of nitrogens with two attached hydrogens (primary N) is 1. The van der Waals surface area contributed by atoms with E-state index in [0.717, 1.165) is 23.0 Å². The van der Waals surface area contributed by atoms with Gasteiger partial charge in [0.2, 0.25) is 0 Å². The molecule has 0 radical (unpaired) electrons. The Morgan fingerprint density at radius 2 is 1.65 bits per heavy atom. The summed E-state index contributed by atoms with van der Waals surface area (Å²) < 4.78 is 0. The van der Waals surface area contributed by atoms with Crippen molar-refractivity contribution in [2.24, 2.45) is 0 Å². The number of aryl methyl sites for hydroxylation is 1. The molecule has 0 amide bonds. The maximum absolute atomic E-state index is 5.83. The van der Waals surface area contributed by atoms with Crippen LogP contribution in [0.25, 0.3) is 11.3 Å². The molecule has 1 aliphatic carbocycles. The average Bonchev–Trinajstić information content (AvgIpc) is 2.51. The summed E-state index contributed by atoms with van der Waals surface area (Å²) in [5, 5.41) is 0. The van der Waals surface area contributed by atoms with E-state index >= 15 is 0 Å². The van der Waals surface area contributed by atoms with E-state index < -0.39 is 0 Å². The molecule has 2 heteroatoms. The molecule has 0 saturated heterocycles. The first kappa shape index (κ1) is 13.2. The zero-order valence-corrected chi connectivity index (χ0v) is 12.1. The molecule has 1 aromatic heterocycles. The van der Waals surface area contributed by atoms with Crippen LogP contribution >= 0.6 is 0 Å². The molecule has 2 N–H and O–H groups in total. The summed E-state index contributed by atoms with van der Waals surface area (Å²) in [6.45, 7) is 1.95. The number of benzene rings is 1. The van der Waals surface area contributed by atoms with Gasteiger partial charge in [0.05, 0.1) is 17.1 Å². The lowest BCUT2D eigenvalue weighted by atomic mass is 9.84. The Labute approximate surface area is 121 Å². The molecule has 1 fully saturated rings. The van der Waals surface area contributed by atoms with Crippen molar-refractivity contribution >= 4 is 5.69 Å². The molecule has 0 bridgehead atoms. The fourth-order valence-electron chi connectivity index (χ4n) is 3.09. The van der Waals surface area contributed by atoms with E-state index in [1.54, 1.807) is 0 Å². The predicted octanol–water partition coefficient (Wildman–Crippen LogP) is 4.69. The monoisotopic (exact) mass is 266 g/mol. The van der Waals surface area contributed by atoms with Crippen molar-refractivity contribution in [3.63, 3.8) is 0 Å². The van der Waals surface area contributed by atoms with Crippen molar-refractivity contribution in [3.8, 4) is 11.3 Å². The Kier molecular flexibility index (Phi) is 3.72. The maximum Gasteiger partial charge on any atom is 0.0706 e. The van der Waals surface area contributed by atoms with Crippen LogP contribution in [0.4, 0.5) is 5.69 Å². The van der Waals surface area contributed by atoms with Gasteiger partial charge in [0.15, 0.2) is 0 Å². The molecule has 3 rings (SSSR count). The van der Waals surface area contributed by atoms with Crippen LogP contribution in [0.5, 0.6) is 0 Å². The quantitative estimate of drug-likeness (QED) is 0.856. The number of pyridine rings is 1. The number of aromatic nitrogens is 1. The third-order valence-corrected chi connectivity index (χ3v) is 4.41. The fourth-order valence-corrected chi connectivity index (χ4v) is 3.09. The van der Waals surface area contributed by atoms with Crippen LogP contribution in [0.15, 0.2) is 36.4 Å². The molecule has 2 aromatic rings. The fraction of sp³-hybridized carbons (Fsp3) is 0.389. The van der Waals surface area contributed by atoms with Crippen LogP contribution in [-0.4, -0.2) is 4.98 Å². The summed E-state index contributed by atoms with van der Waals surface area (Å²) in [6, 6.07) is 12.9. The molecule has 0 unspecified atom stereocenters. The van der Waals surface area contributed by atoms with Crippen molar-refractivity contribution in [2.75, 3.05) is 5.73 Å². The van der Waals surface area contributed by atoms with Crippen molar-refractivity contribution < 1.29 is 0 Å². The Hall–Kier alpha value is -1.83. The van der Waals surface area contributed by atoms with Crippen LogP contribution in [0, 0.1) is 6.92 Å². The second-order valence-electron chi connectivity index (χ2n) is 5.83. The molecule has 1 heterocycles. The topological polar surface area (TPSA) is 38.9 Å². The summed E-state index contributed by atoms with van der Waals surface area (Å²) in [5.41, 5.74) is 11.2. The molecule has 2 nitrogen and oxygen atoms in total. The molecular weight excluding hydrogens is 244 g/mol. The number of anilines is 1. The normalized spacial score (nSPS) is 16.2. The smallest absolute Gasteiger partial charge is 0.0706 e. The molecule has 1 aliphatic rings. The summed E-state index contributed by atoms with van der Waals surface area (Å²) in [6.07, 6.45) is 6.86. The summed E-state index contributed by atoms with van der Waals surface area (Å²) in [5.74, 6) is 0.763. The van der Waals surface area contributed by atoms with Gasteiger partial charge in [-0.15, -0.1) is 0 Å². The van der Waals surface area contributed by atoms with Crippen molar-refractivity contribution in [1.82, 2.24) is 4.98 Å². The van der Waals surface area contributed by atoms with Gasteiger partial charge in [0.25, 0.3) is 0 Å². The number of rotatable bonds is 2. The van der Waals surface area contributed by atoms with Crippen LogP contribution in [0.2, 0.25) is 0 Å². The second-order valence-corrected chi connectivity index (χ2v) is 5.83. The minimum atomic E-state index is 0.757. The van der Waals surface area contributed by atoms with E-state index in [2.05, 4.69) is 29.2 Å².